The van der Waals surface area contributed by atoms with Crippen molar-refractivity contribution in [1.29, 1.82) is 0 Å². The lowest BCUT2D eigenvalue weighted by molar-refractivity contribution is -0.139. The van der Waals surface area contributed by atoms with Crippen molar-refractivity contribution in [1.82, 2.24) is 0 Å². The monoisotopic (exact) mass is 2170 g/mol. The lowest BCUT2D eigenvalue weighted by Crippen LogP contribution is -2.64. The third-order valence-corrected chi connectivity index (χ3v) is 80.7. The summed E-state index contributed by atoms with van der Waals surface area (Å²) in [5.74, 6) is -2.06. The van der Waals surface area contributed by atoms with Crippen molar-refractivity contribution in [3.8, 4) is 0 Å². The third kappa shape index (κ3) is 75.7. The van der Waals surface area contributed by atoms with Crippen LogP contribution in [-0.4, -0.2) is 254 Å². The molecule has 0 atom stereocenters. The molecule has 764 valence electrons. The van der Waals surface area contributed by atoms with Gasteiger partial charge in [0.2, 0.25) is 0 Å². The molecule has 0 aromatic heterocycles. The van der Waals surface area contributed by atoms with Crippen molar-refractivity contribution in [2.75, 3.05) is 52.7 Å². The fourth-order valence-corrected chi connectivity index (χ4v) is 88.6. The van der Waals surface area contributed by atoms with Crippen LogP contribution >= 0.6 is 0 Å². The molecule has 0 bridgehead atoms. The summed E-state index contributed by atoms with van der Waals surface area (Å²) in [5, 5.41) is 0. The van der Waals surface area contributed by atoms with E-state index in [-0.39, 0.29) is 35.8 Å². The number of hydrogen-bond acceptors (Lipinski definition) is 30. The van der Waals surface area contributed by atoms with Crippen LogP contribution in [0.5, 0.6) is 0 Å². The molecule has 0 unspecified atom stereocenters. The van der Waals surface area contributed by atoms with Crippen LogP contribution in [0.25, 0.3) is 0 Å². The zero-order valence-corrected chi connectivity index (χ0v) is 104. The van der Waals surface area contributed by atoms with Gasteiger partial charge in [-0.1, -0.05) is 45.5 Å². The van der Waals surface area contributed by atoms with Crippen LogP contribution in [0.1, 0.15) is 86.5 Å². The van der Waals surface area contributed by atoms with E-state index < -0.39 is 163 Å². The first kappa shape index (κ1) is 136. The quantitative estimate of drug-likeness (QED) is 0.00744. The first-order valence-corrected chi connectivity index (χ1v) is 91.9. The molecule has 31 nitrogen and oxygen atoms in total. The van der Waals surface area contributed by atoms with E-state index in [9.17, 15) is 41.9 Å². The normalized spacial score (nSPS) is 17.7. The van der Waals surface area contributed by atoms with Gasteiger partial charge < -0.3 is 97.5 Å². The molecule has 2 fully saturated rings. The molecule has 0 aromatic rings. The number of hydrogen-bond donors (Lipinski definition) is 3. The van der Waals surface area contributed by atoms with E-state index in [0.29, 0.717) is 86.2 Å². The fraction of sp³-hybridized carbons (Fsp3) is 0.744. The molecule has 0 spiro atoms. The maximum atomic E-state index is 11.6. The van der Waals surface area contributed by atoms with Crippen LogP contribution < -0.4 is 11.5 Å². The van der Waals surface area contributed by atoms with Crippen molar-refractivity contribution < 1.29 is 141 Å². The molecule has 2 saturated heterocycles. The zero-order chi connectivity index (χ0) is 103. The van der Waals surface area contributed by atoms with Gasteiger partial charge in [0.05, 0.1) is 39.6 Å². The third-order valence-electron chi connectivity index (χ3n) is 16.9. The van der Waals surface area contributed by atoms with Crippen LogP contribution in [0.4, 0.5) is 13.2 Å². The highest BCUT2D eigenvalue weighted by molar-refractivity contribution is 7.86. The van der Waals surface area contributed by atoms with Gasteiger partial charge in [-0.2, -0.15) is 21.6 Å². The summed E-state index contributed by atoms with van der Waals surface area (Å²) in [4.78, 5) is 68.9. The predicted molar refractivity (Wildman–Crippen MR) is 555 cm³/mol. The Morgan fingerprint density at radius 1 is 0.354 bits per heavy atom. The highest BCUT2D eigenvalue weighted by Gasteiger charge is 2.51. The average Bonchev–Trinajstić information content (AvgIpc) is 0.788. The molecule has 5 N–H and O–H groups in total. The molecule has 0 saturated carbocycles. The summed E-state index contributed by atoms with van der Waals surface area (Å²) in [7, 11) is -38.9. The van der Waals surface area contributed by atoms with Crippen molar-refractivity contribution >= 4 is 193 Å². The Morgan fingerprint density at radius 3 is 0.677 bits per heavy atom. The number of carbonyl (C=O) groups is 6. The van der Waals surface area contributed by atoms with Crippen LogP contribution in [0.3, 0.4) is 0 Å². The number of ether oxygens (including phenoxy) is 6. The standard InChI is InChI=1S/C22H45NO6Si3.C22H46O7Si4.C18H34O5Si2.C8H24O4Si4.C4H16O4Si4.C3H7N.CHF3O3S/c1-19(2)21(24)26-14-11-16-30(5,6)28-32(9,18-10-13-23)29-31(7,8)17-12-15-27-22(25)20(3)4;1-19(2)21(23)25-15-13-17-30(5,6)27-32(9,10)29-33(11,12)28-31(7,8)18-14-16-26-22(24)20(3)4;1-15(2)17(19)21-11-9-13-24(5,6)23-25(7,8)14-10-12-22-18(20)16(3)4;1-13(2)9-14(3,4)11-16(7,8)12-15(5,6)10-13;1-9-5-10(2)7-12(4)8-11(3)6-9;1-2-3-4;2-1(3,4)8(5,6)7/h1,3,10-18,23H2,2,4-9H3;1,3,13-18H2,2,4-12H3;1,3,9-14H2,2,4-8H3;1-8H3;9-12H,1-4H3;2H,1,3-4H2;(H,5,6,7). The van der Waals surface area contributed by atoms with E-state index in [0.717, 1.165) is 87.3 Å². The van der Waals surface area contributed by atoms with E-state index in [4.69, 9.17) is 110 Å². The van der Waals surface area contributed by atoms with Gasteiger partial charge in [-0.3, -0.25) is 4.55 Å². The molecule has 52 heteroatoms. The summed E-state index contributed by atoms with van der Waals surface area (Å²) in [6.45, 7) is 99.7. The Balaban J connectivity index is -0.000000499. The van der Waals surface area contributed by atoms with Crippen LogP contribution in [-0.2, 0) is 125 Å². The molecule has 130 heavy (non-hydrogen) atoms. The molecular formula is C78H173F3N2O29SSi17. The second kappa shape index (κ2) is 62.7. The molecule has 0 aromatic carbocycles. The molecule has 2 rings (SSSR count). The van der Waals surface area contributed by atoms with E-state index in [2.05, 4.69) is 210 Å². The lowest BCUT2D eigenvalue weighted by Gasteiger charge is -2.46. The van der Waals surface area contributed by atoms with Crippen LogP contribution in [0.2, 0.25) is 232 Å². The Labute approximate surface area is 801 Å². The van der Waals surface area contributed by atoms with Crippen molar-refractivity contribution in [3.05, 3.63) is 85.6 Å². The maximum Gasteiger partial charge on any atom is 0.522 e. The minimum absolute atomic E-state index is 0.334. The number of carbonyl (C=O) groups excluding carboxylic acids is 6. The number of nitrogens with two attached hydrogens (primary N) is 2. The van der Waals surface area contributed by atoms with Gasteiger partial charge in [-0.05, 0) is 325 Å². The fourth-order valence-electron chi connectivity index (χ4n) is 13.1. The summed E-state index contributed by atoms with van der Waals surface area (Å²) >= 11 is 0. The largest absolute Gasteiger partial charge is 0.522 e. The smallest absolute Gasteiger partial charge is 0.462 e. The highest BCUT2D eigenvalue weighted by Crippen LogP contribution is 2.34. The first-order valence-electron chi connectivity index (χ1n) is 44.0. The van der Waals surface area contributed by atoms with E-state index in [1.807, 2.05) is 26.2 Å². The Kier molecular flexibility index (Phi) is 65.7. The van der Waals surface area contributed by atoms with Gasteiger partial charge >= 0.3 is 111 Å². The van der Waals surface area contributed by atoms with Gasteiger partial charge in [-0.15, -0.1) is 6.58 Å². The van der Waals surface area contributed by atoms with Crippen molar-refractivity contribution in [2.45, 2.75) is 324 Å². The maximum absolute atomic E-state index is 11.6. The molecule has 0 amide bonds. The topological polar surface area (TPSA) is 393 Å². The number of esters is 6. The molecule has 0 aliphatic carbocycles. The van der Waals surface area contributed by atoms with Gasteiger partial charge in [-0.25, -0.2) is 28.8 Å². The van der Waals surface area contributed by atoms with Crippen molar-refractivity contribution in [2.24, 2.45) is 11.5 Å². The Hall–Kier alpha value is -2.25. The van der Waals surface area contributed by atoms with Gasteiger partial charge in [0, 0.05) is 40.0 Å². The zero-order valence-electron chi connectivity index (χ0n) is 86.0. The summed E-state index contributed by atoms with van der Waals surface area (Å²) in [5.41, 5.74) is 7.66. The SMILES string of the molecule is C=C(C)C(=O)OCCC[Si](C)(C)O[Si](C)(C)CCCOC(=O)C(=C)C.C=C(C)C(=O)OCCC[Si](C)(C)O[Si](C)(C)O[Si](C)(C)O[Si](C)(C)CCCOC(=O)C(=C)C.C=C(C)C(=O)OCCC[Si](C)(C)O[Si](C)(CCCN)O[Si](C)(C)CCCOC(=O)C(=C)C.C=CCN.C[SiH]1O[SiH](C)O[SiH](C)O[SiH](C)O1.C[Si]1(C)O[Si](C)(C)O[Si](C)(C)O[Si](C)(C)O1.O=S(=O)(O)C(F)(F)F. The van der Waals surface area contributed by atoms with Crippen molar-refractivity contribution in [3.63, 3.8) is 0 Å². The molecule has 2 heterocycles. The Morgan fingerprint density at radius 2 is 0.523 bits per heavy atom. The number of alkyl halides is 3. The van der Waals surface area contributed by atoms with E-state index in [1.54, 1.807) is 47.6 Å². The first-order chi connectivity index (χ1) is 58.3. The van der Waals surface area contributed by atoms with Gasteiger partial charge in [0.1, 0.15) is 0 Å². The summed E-state index contributed by atoms with van der Waals surface area (Å²) in [6, 6.07) is 6.25. The summed E-state index contributed by atoms with van der Waals surface area (Å²) in [6.07, 6.45) is 7.16. The number of rotatable bonds is 46. The lowest BCUT2D eigenvalue weighted by atomic mass is 10.4. The second-order valence-electron chi connectivity index (χ2n) is 38.4. The molecule has 0 radical (unpaired) electrons. The van der Waals surface area contributed by atoms with Crippen LogP contribution in [0.15, 0.2) is 85.6 Å². The van der Waals surface area contributed by atoms with Gasteiger partial charge in [0.15, 0.2) is 49.9 Å². The summed E-state index contributed by atoms with van der Waals surface area (Å²) < 4.78 is 176. The predicted octanol–water partition coefficient (Wildman–Crippen LogP) is 18.0. The van der Waals surface area contributed by atoms with E-state index in [1.165, 1.54) is 0 Å². The average molecular weight is 2170 g/mol. The van der Waals surface area contributed by atoms with Crippen LogP contribution in [0, 0.1) is 0 Å². The van der Waals surface area contributed by atoms with Gasteiger partial charge in [0.25, 0.3) is 37.1 Å². The minimum atomic E-state index is -5.84. The minimum Gasteiger partial charge on any atom is -0.462 e. The second-order valence-corrected chi connectivity index (χ2v) is 101. The van der Waals surface area contributed by atoms with E-state index >= 15 is 0 Å². The molecule has 2 aliphatic rings. The number of halogens is 3. The Bertz CT molecular complexity index is 3380. The molecule has 2 aliphatic heterocycles. The highest BCUT2D eigenvalue weighted by atomic mass is 32.2. The molecular weight excluding hydrogens is 2000 g/mol.